The number of nitrogens with zero attached hydrogens (tertiary/aromatic N) is 1. The molecule has 1 saturated heterocycles. The highest BCUT2D eigenvalue weighted by Crippen LogP contribution is 2.25. The van der Waals surface area contributed by atoms with Crippen LogP contribution < -0.4 is 5.32 Å². The van der Waals surface area contributed by atoms with E-state index in [0.717, 1.165) is 24.9 Å². The molecule has 1 heterocycles. The Morgan fingerprint density at radius 1 is 1.14 bits per heavy atom. The predicted octanol–water partition coefficient (Wildman–Crippen LogP) is 4.72. The fraction of sp³-hybridized carbons (Fsp3) is 0.409. The molecular weight excluding hydrogens is 408 g/mol. The maximum absolute atomic E-state index is 12.9. The summed E-state index contributed by atoms with van der Waals surface area (Å²) in [5.41, 5.74) is 2.00. The average Bonchev–Trinajstić information content (AvgIpc) is 2.73. The van der Waals surface area contributed by atoms with Crippen LogP contribution in [0.2, 0.25) is 5.02 Å². The van der Waals surface area contributed by atoms with Crippen molar-refractivity contribution < 1.29 is 13.2 Å². The van der Waals surface area contributed by atoms with Crippen molar-refractivity contribution in [2.75, 3.05) is 18.4 Å². The monoisotopic (exact) mass is 434 g/mol. The van der Waals surface area contributed by atoms with Crippen LogP contribution in [-0.4, -0.2) is 31.7 Å². The first kappa shape index (κ1) is 21.8. The molecule has 2 aromatic carbocycles. The van der Waals surface area contributed by atoms with Crippen molar-refractivity contribution >= 4 is 33.2 Å². The molecule has 0 bridgehead atoms. The van der Waals surface area contributed by atoms with Gasteiger partial charge in [0.05, 0.1) is 10.8 Å². The Morgan fingerprint density at radius 3 is 2.48 bits per heavy atom. The lowest BCUT2D eigenvalue weighted by Crippen LogP contribution is -2.43. The van der Waals surface area contributed by atoms with Crippen LogP contribution in [0.25, 0.3) is 0 Å². The molecular formula is C22H27ClN2O3S. The third-order valence-electron chi connectivity index (χ3n) is 5.25. The van der Waals surface area contributed by atoms with E-state index >= 15 is 0 Å². The second kappa shape index (κ2) is 9.74. The van der Waals surface area contributed by atoms with Crippen molar-refractivity contribution in [3.8, 4) is 0 Å². The summed E-state index contributed by atoms with van der Waals surface area (Å²) in [4.78, 5) is 12.9. The normalized spacial score (nSPS) is 17.8. The first-order valence-corrected chi connectivity index (χ1v) is 11.9. The first-order chi connectivity index (χ1) is 13.9. The number of sulfonamides is 1. The van der Waals surface area contributed by atoms with E-state index in [0.29, 0.717) is 24.4 Å². The number of anilines is 1. The minimum Gasteiger partial charge on any atom is -0.326 e. The molecule has 3 rings (SSSR count). The number of hydrogen-bond donors (Lipinski definition) is 1. The van der Waals surface area contributed by atoms with Crippen LogP contribution in [0, 0.1) is 5.92 Å². The number of carbonyl (C=O) groups is 1. The first-order valence-electron chi connectivity index (χ1n) is 10.1. The van der Waals surface area contributed by atoms with Crippen molar-refractivity contribution in [1.29, 1.82) is 0 Å². The highest BCUT2D eigenvalue weighted by atomic mass is 35.5. The lowest BCUT2D eigenvalue weighted by Gasteiger charge is -2.31. The fourth-order valence-corrected chi connectivity index (χ4v) is 5.16. The summed E-state index contributed by atoms with van der Waals surface area (Å²) < 4.78 is 27.2. The minimum atomic E-state index is -3.64. The summed E-state index contributed by atoms with van der Waals surface area (Å²) in [5.74, 6) is -0.507. The van der Waals surface area contributed by atoms with E-state index < -0.39 is 10.0 Å². The van der Waals surface area contributed by atoms with E-state index in [1.165, 1.54) is 22.0 Å². The highest BCUT2D eigenvalue weighted by Gasteiger charge is 2.33. The molecule has 1 amide bonds. The molecule has 29 heavy (non-hydrogen) atoms. The highest BCUT2D eigenvalue weighted by molar-refractivity contribution is 7.89. The second-order valence-corrected chi connectivity index (χ2v) is 9.82. The number of halogens is 1. The molecule has 0 aromatic heterocycles. The van der Waals surface area contributed by atoms with Gasteiger partial charge in [0.25, 0.3) is 0 Å². The summed E-state index contributed by atoms with van der Waals surface area (Å²) in [6, 6.07) is 14.0. The Morgan fingerprint density at radius 2 is 1.83 bits per heavy atom. The Hall–Kier alpha value is -1.89. The average molecular weight is 435 g/mol. The third-order valence-corrected chi connectivity index (χ3v) is 7.38. The van der Waals surface area contributed by atoms with Crippen molar-refractivity contribution in [2.24, 2.45) is 5.92 Å². The van der Waals surface area contributed by atoms with Gasteiger partial charge in [-0.2, -0.15) is 4.31 Å². The summed E-state index contributed by atoms with van der Waals surface area (Å²) in [6.45, 7) is 2.77. The molecule has 0 radical (unpaired) electrons. The Labute approximate surface area is 178 Å². The third kappa shape index (κ3) is 5.59. The van der Waals surface area contributed by atoms with Gasteiger partial charge in [0.15, 0.2) is 0 Å². The van der Waals surface area contributed by atoms with Gasteiger partial charge in [-0.25, -0.2) is 8.42 Å². The van der Waals surface area contributed by atoms with Crippen LogP contribution in [0.15, 0.2) is 53.4 Å². The molecule has 5 nitrogen and oxygen atoms in total. The number of amides is 1. The summed E-state index contributed by atoms with van der Waals surface area (Å²) in [7, 11) is -3.64. The van der Waals surface area contributed by atoms with E-state index in [4.69, 9.17) is 11.6 Å². The van der Waals surface area contributed by atoms with Crippen LogP contribution >= 0.6 is 11.6 Å². The molecule has 0 spiro atoms. The number of rotatable bonds is 7. The molecule has 1 aliphatic rings. The maximum atomic E-state index is 12.9. The summed E-state index contributed by atoms with van der Waals surface area (Å²) >= 11 is 5.86. The van der Waals surface area contributed by atoms with Gasteiger partial charge in [0.2, 0.25) is 15.9 Å². The predicted molar refractivity (Wildman–Crippen MR) is 117 cm³/mol. The number of hydrogen-bond acceptors (Lipinski definition) is 3. The van der Waals surface area contributed by atoms with E-state index in [-0.39, 0.29) is 23.3 Å². The SMILES string of the molecule is CCCCc1ccc(NC(=O)[C@@H]2CCCN(S(=O)(=O)c3ccc(Cl)cc3)C2)cc1. The lowest BCUT2D eigenvalue weighted by atomic mass is 9.98. The molecule has 1 fully saturated rings. The number of piperidine rings is 1. The minimum absolute atomic E-state index is 0.137. The Balaban J connectivity index is 1.64. The number of aryl methyl sites for hydroxylation is 1. The topological polar surface area (TPSA) is 66.5 Å². The number of unbranched alkanes of at least 4 members (excludes halogenated alkanes) is 1. The van der Waals surface area contributed by atoms with Crippen LogP contribution in [0.5, 0.6) is 0 Å². The zero-order valence-corrected chi connectivity index (χ0v) is 18.2. The lowest BCUT2D eigenvalue weighted by molar-refractivity contribution is -0.120. The Bertz CT molecular complexity index is 928. The largest absolute Gasteiger partial charge is 0.326 e. The second-order valence-electron chi connectivity index (χ2n) is 7.45. The zero-order valence-electron chi connectivity index (χ0n) is 16.6. The molecule has 1 atom stereocenters. The van der Waals surface area contributed by atoms with Gasteiger partial charge in [-0.1, -0.05) is 37.1 Å². The van der Waals surface area contributed by atoms with Crippen molar-refractivity contribution in [3.63, 3.8) is 0 Å². The van der Waals surface area contributed by atoms with Crippen LogP contribution in [0.1, 0.15) is 38.2 Å². The number of carbonyl (C=O) groups excluding carboxylic acids is 1. The molecule has 1 aliphatic heterocycles. The van der Waals surface area contributed by atoms with Gasteiger partial charge in [0.1, 0.15) is 0 Å². The van der Waals surface area contributed by atoms with Crippen molar-refractivity contribution in [3.05, 3.63) is 59.1 Å². The van der Waals surface area contributed by atoms with Gasteiger partial charge in [-0.3, -0.25) is 4.79 Å². The molecule has 2 aromatic rings. The molecule has 0 aliphatic carbocycles. The van der Waals surface area contributed by atoms with Crippen LogP contribution in [0.4, 0.5) is 5.69 Å². The van der Waals surface area contributed by atoms with E-state index in [9.17, 15) is 13.2 Å². The standard InChI is InChI=1S/C22H27ClN2O3S/c1-2-3-5-17-7-11-20(12-8-17)24-22(26)18-6-4-15-25(16-18)29(27,28)21-13-9-19(23)10-14-21/h7-14,18H,2-6,15-16H2,1H3,(H,24,26)/t18-/m1/s1. The van der Waals surface area contributed by atoms with Gasteiger partial charge in [0, 0.05) is 23.8 Å². The fourth-order valence-electron chi connectivity index (χ4n) is 3.51. The van der Waals surface area contributed by atoms with Crippen LogP contribution in [0.3, 0.4) is 0 Å². The number of nitrogens with one attached hydrogen (secondary N) is 1. The summed E-state index contributed by atoms with van der Waals surface area (Å²) in [6.07, 6.45) is 4.65. The molecule has 1 N–H and O–H groups in total. The van der Waals surface area contributed by atoms with Gasteiger partial charge in [-0.15, -0.1) is 0 Å². The maximum Gasteiger partial charge on any atom is 0.243 e. The molecule has 0 saturated carbocycles. The van der Waals surface area contributed by atoms with E-state index in [2.05, 4.69) is 12.2 Å². The van der Waals surface area contributed by atoms with Crippen molar-refractivity contribution in [2.45, 2.75) is 43.9 Å². The Kier molecular flexibility index (Phi) is 7.33. The number of benzene rings is 2. The quantitative estimate of drug-likeness (QED) is 0.685. The summed E-state index contributed by atoms with van der Waals surface area (Å²) in [5, 5.41) is 3.42. The van der Waals surface area contributed by atoms with Gasteiger partial charge >= 0.3 is 0 Å². The van der Waals surface area contributed by atoms with Gasteiger partial charge < -0.3 is 5.32 Å². The molecule has 156 valence electrons. The molecule has 0 unspecified atom stereocenters. The smallest absolute Gasteiger partial charge is 0.243 e. The molecule has 7 heteroatoms. The van der Waals surface area contributed by atoms with Crippen LogP contribution in [-0.2, 0) is 21.2 Å². The zero-order chi connectivity index (χ0) is 20.9. The van der Waals surface area contributed by atoms with Crippen molar-refractivity contribution in [1.82, 2.24) is 4.31 Å². The van der Waals surface area contributed by atoms with E-state index in [1.54, 1.807) is 12.1 Å². The van der Waals surface area contributed by atoms with Gasteiger partial charge in [-0.05, 0) is 67.6 Å². The van der Waals surface area contributed by atoms with E-state index in [1.807, 2.05) is 24.3 Å².